The van der Waals surface area contributed by atoms with Crippen molar-refractivity contribution in [2.24, 2.45) is 0 Å². The maximum atomic E-state index is 13.2. The summed E-state index contributed by atoms with van der Waals surface area (Å²) in [6, 6.07) is 9.72. The van der Waals surface area contributed by atoms with E-state index in [-0.39, 0.29) is 36.4 Å². The first-order valence-electron chi connectivity index (χ1n) is 10.8. The fourth-order valence-corrected chi connectivity index (χ4v) is 4.18. The summed E-state index contributed by atoms with van der Waals surface area (Å²) in [6.07, 6.45) is 3.45. The van der Waals surface area contributed by atoms with Crippen LogP contribution in [0.3, 0.4) is 0 Å². The zero-order valence-electron chi connectivity index (χ0n) is 19.8. The number of carbonyl (C=O) groups is 2. The molecule has 1 aromatic carbocycles. The highest BCUT2D eigenvalue weighted by Crippen LogP contribution is 2.27. The topological polar surface area (TPSA) is 109 Å². The molecule has 0 spiro atoms. The summed E-state index contributed by atoms with van der Waals surface area (Å²) < 4.78 is 13.1. The number of carbonyl (C=O) groups excluding carboxylic acids is 2. The number of ketones is 1. The van der Waals surface area contributed by atoms with Crippen molar-refractivity contribution in [2.75, 3.05) is 19.5 Å². The monoisotopic (exact) mass is 544 g/mol. The molecule has 0 bridgehead atoms. The number of nitrogens with two attached hydrogens (primary N) is 1. The predicted octanol–water partition coefficient (Wildman–Crippen LogP) is 4.55. The minimum atomic E-state index is -1.24. The van der Waals surface area contributed by atoms with Gasteiger partial charge >= 0.3 is 5.97 Å². The first-order chi connectivity index (χ1) is 16.1. The molecular weight excluding hydrogens is 516 g/mol. The van der Waals surface area contributed by atoms with E-state index in [0.717, 1.165) is 16.1 Å². The number of anilines is 1. The fraction of sp³-hybridized carbons (Fsp3) is 0.333. The van der Waals surface area contributed by atoms with Crippen molar-refractivity contribution < 1.29 is 19.1 Å². The Bertz CT molecular complexity index is 1170. The number of rotatable bonds is 10. The lowest BCUT2D eigenvalue weighted by Crippen LogP contribution is -2.22. The van der Waals surface area contributed by atoms with E-state index < -0.39 is 8.07 Å². The number of hydrogen-bond donors (Lipinski definition) is 1. The number of nitrogen functional groups attached to an aromatic ring is 1. The van der Waals surface area contributed by atoms with Crippen molar-refractivity contribution in [2.45, 2.75) is 38.8 Å². The molecule has 0 fully saturated rings. The molecule has 0 saturated heterocycles. The second-order valence-electron chi connectivity index (χ2n) is 9.13. The Kier molecular flexibility index (Phi) is 8.40. The molecule has 0 atom stereocenters. The van der Waals surface area contributed by atoms with Crippen molar-refractivity contribution in [3.05, 3.63) is 64.3 Å². The third-order valence-corrected chi connectivity index (χ3v) is 7.31. The van der Waals surface area contributed by atoms with Crippen LogP contribution in [0.2, 0.25) is 25.7 Å². The molecule has 180 valence electrons. The molecule has 0 aliphatic carbocycles. The van der Waals surface area contributed by atoms with E-state index in [1.165, 1.54) is 7.11 Å². The number of aromatic nitrogens is 3. The zero-order valence-corrected chi connectivity index (χ0v) is 22.4. The van der Waals surface area contributed by atoms with Crippen molar-refractivity contribution in [3.8, 4) is 11.3 Å². The van der Waals surface area contributed by atoms with Gasteiger partial charge in [-0.25, -0.2) is 4.98 Å². The third kappa shape index (κ3) is 6.84. The minimum absolute atomic E-state index is 0.124. The molecule has 2 aromatic heterocycles. The molecule has 0 aliphatic heterocycles. The van der Waals surface area contributed by atoms with Gasteiger partial charge in [0.15, 0.2) is 5.82 Å². The number of nitrogens with zero attached hydrogens (tertiary/aromatic N) is 3. The molecular formula is C24H29BrN4O4Si. The molecule has 0 unspecified atom stereocenters. The van der Waals surface area contributed by atoms with Gasteiger partial charge < -0.3 is 19.8 Å². The van der Waals surface area contributed by atoms with Crippen molar-refractivity contribution in [3.63, 3.8) is 0 Å². The van der Waals surface area contributed by atoms with Crippen LogP contribution in [0.5, 0.6) is 0 Å². The number of hydrogen-bond acceptors (Lipinski definition) is 7. The number of halogens is 1. The average Bonchev–Trinajstić information content (AvgIpc) is 3.20. The van der Waals surface area contributed by atoms with Gasteiger partial charge in [0.05, 0.1) is 19.2 Å². The Morgan fingerprint density at radius 3 is 2.56 bits per heavy atom. The second kappa shape index (κ2) is 11.1. The molecule has 3 rings (SSSR count). The summed E-state index contributed by atoms with van der Waals surface area (Å²) in [5.74, 6) is -0.439. The standard InChI is InChI=1S/C24H29BrN4O4Si/c1-32-22(30)12-16-5-7-18(19(26)11-16)21-14-29(15-33-9-10-34(2,3)4)24(28-21)23(31)20-8-6-17(25)13-27-20/h5-8,11,13-14H,9-10,12,15,26H2,1-4H3. The largest absolute Gasteiger partial charge is 0.469 e. The van der Waals surface area contributed by atoms with Crippen LogP contribution >= 0.6 is 15.9 Å². The van der Waals surface area contributed by atoms with Crippen LogP contribution in [0, 0.1) is 0 Å². The van der Waals surface area contributed by atoms with E-state index in [1.807, 2.05) is 0 Å². The van der Waals surface area contributed by atoms with Gasteiger partial charge in [-0.15, -0.1) is 0 Å². The highest BCUT2D eigenvalue weighted by atomic mass is 79.9. The van der Waals surface area contributed by atoms with Crippen LogP contribution in [-0.2, 0) is 27.4 Å². The van der Waals surface area contributed by atoms with E-state index in [1.54, 1.807) is 47.3 Å². The zero-order chi connectivity index (χ0) is 24.9. The SMILES string of the molecule is COC(=O)Cc1ccc(-c2cn(COCC[Si](C)(C)C)c(C(=O)c3ccc(Br)cn3)n2)c(N)c1. The summed E-state index contributed by atoms with van der Waals surface area (Å²) in [4.78, 5) is 33.6. The molecule has 8 nitrogen and oxygen atoms in total. The molecule has 0 amide bonds. The van der Waals surface area contributed by atoms with Crippen molar-refractivity contribution >= 4 is 41.4 Å². The van der Waals surface area contributed by atoms with Crippen molar-refractivity contribution in [1.82, 2.24) is 14.5 Å². The lowest BCUT2D eigenvalue weighted by Gasteiger charge is -2.15. The fourth-order valence-electron chi connectivity index (χ4n) is 3.19. The Hall–Kier alpha value is -2.82. The molecule has 0 radical (unpaired) electrons. The Morgan fingerprint density at radius 1 is 1.18 bits per heavy atom. The molecule has 0 saturated carbocycles. The van der Waals surface area contributed by atoms with Gasteiger partial charge in [-0.2, -0.15) is 0 Å². The summed E-state index contributed by atoms with van der Waals surface area (Å²) in [7, 11) is 0.1000. The number of pyridine rings is 1. The normalized spacial score (nSPS) is 11.4. The highest BCUT2D eigenvalue weighted by Gasteiger charge is 2.21. The van der Waals surface area contributed by atoms with Crippen LogP contribution in [0.25, 0.3) is 11.3 Å². The summed E-state index contributed by atoms with van der Waals surface area (Å²) in [5.41, 5.74) is 8.94. The number of ether oxygens (including phenoxy) is 2. The molecule has 2 heterocycles. The first kappa shape index (κ1) is 25.8. The van der Waals surface area contributed by atoms with Crippen LogP contribution < -0.4 is 5.73 Å². The number of methoxy groups -OCH3 is 1. The average molecular weight is 546 g/mol. The van der Waals surface area contributed by atoms with Crippen LogP contribution in [0.4, 0.5) is 5.69 Å². The van der Waals surface area contributed by atoms with E-state index >= 15 is 0 Å². The molecule has 3 aromatic rings. The maximum absolute atomic E-state index is 13.2. The van der Waals surface area contributed by atoms with Gasteiger partial charge in [0.25, 0.3) is 0 Å². The molecule has 10 heteroatoms. The number of imidazole rings is 1. The molecule has 2 N–H and O–H groups in total. The predicted molar refractivity (Wildman–Crippen MR) is 137 cm³/mol. The smallest absolute Gasteiger partial charge is 0.309 e. The van der Waals surface area contributed by atoms with E-state index in [0.29, 0.717) is 23.6 Å². The minimum Gasteiger partial charge on any atom is -0.469 e. The Balaban J connectivity index is 1.91. The lowest BCUT2D eigenvalue weighted by atomic mass is 10.1. The van der Waals surface area contributed by atoms with Gasteiger partial charge in [-0.05, 0) is 45.7 Å². The van der Waals surface area contributed by atoms with Gasteiger partial charge in [-0.3, -0.25) is 14.6 Å². The van der Waals surface area contributed by atoms with Gasteiger partial charge in [0, 0.05) is 42.8 Å². The maximum Gasteiger partial charge on any atom is 0.309 e. The quantitative estimate of drug-likeness (QED) is 0.131. The van der Waals surface area contributed by atoms with Crippen LogP contribution in [-0.4, -0.2) is 48.1 Å². The van der Waals surface area contributed by atoms with Gasteiger partial charge in [0.1, 0.15) is 12.4 Å². The molecule has 0 aliphatic rings. The Morgan fingerprint density at radius 2 is 1.94 bits per heavy atom. The highest BCUT2D eigenvalue weighted by molar-refractivity contribution is 9.10. The summed E-state index contributed by atoms with van der Waals surface area (Å²) in [5, 5.41) is 0. The lowest BCUT2D eigenvalue weighted by molar-refractivity contribution is -0.139. The third-order valence-electron chi connectivity index (χ3n) is 5.13. The van der Waals surface area contributed by atoms with Crippen LogP contribution in [0.1, 0.15) is 21.9 Å². The van der Waals surface area contributed by atoms with Gasteiger partial charge in [-0.1, -0.05) is 31.8 Å². The summed E-state index contributed by atoms with van der Waals surface area (Å²) in [6.45, 7) is 7.65. The van der Waals surface area contributed by atoms with E-state index in [2.05, 4.69) is 45.5 Å². The first-order valence-corrected chi connectivity index (χ1v) is 15.3. The molecule has 34 heavy (non-hydrogen) atoms. The Labute approximate surface area is 208 Å². The summed E-state index contributed by atoms with van der Waals surface area (Å²) >= 11 is 3.34. The number of benzene rings is 1. The number of esters is 1. The second-order valence-corrected chi connectivity index (χ2v) is 15.7. The van der Waals surface area contributed by atoms with Crippen molar-refractivity contribution in [1.29, 1.82) is 0 Å². The van der Waals surface area contributed by atoms with E-state index in [9.17, 15) is 9.59 Å². The van der Waals surface area contributed by atoms with Crippen LogP contribution in [0.15, 0.2) is 47.2 Å². The van der Waals surface area contributed by atoms with Gasteiger partial charge in [0.2, 0.25) is 5.78 Å². The van der Waals surface area contributed by atoms with E-state index in [4.69, 9.17) is 15.2 Å².